The van der Waals surface area contributed by atoms with E-state index in [1.54, 1.807) is 11.3 Å². The van der Waals surface area contributed by atoms with Crippen molar-refractivity contribution in [2.75, 3.05) is 19.6 Å². The van der Waals surface area contributed by atoms with Gasteiger partial charge in [-0.25, -0.2) is 0 Å². The highest BCUT2D eigenvalue weighted by Gasteiger charge is 2.18. The highest BCUT2D eigenvalue weighted by atomic mass is 32.1. The smallest absolute Gasteiger partial charge is 0.0472 e. The number of thiophene rings is 1. The van der Waals surface area contributed by atoms with Crippen molar-refractivity contribution >= 4 is 11.3 Å². The molecular formula is C18H26N2S. The Labute approximate surface area is 132 Å². The maximum Gasteiger partial charge on any atom is 0.0472 e. The lowest BCUT2D eigenvalue weighted by Gasteiger charge is -2.31. The highest BCUT2D eigenvalue weighted by molar-refractivity contribution is 7.07. The van der Waals surface area contributed by atoms with Crippen LogP contribution in [0.15, 0.2) is 47.2 Å². The summed E-state index contributed by atoms with van der Waals surface area (Å²) in [5.74, 6) is 0. The molecule has 0 saturated carbocycles. The molecule has 1 aromatic carbocycles. The van der Waals surface area contributed by atoms with Crippen LogP contribution in [0.1, 0.15) is 44.0 Å². The van der Waals surface area contributed by atoms with E-state index in [4.69, 9.17) is 0 Å². The largest absolute Gasteiger partial charge is 0.308 e. The maximum atomic E-state index is 3.70. The fourth-order valence-corrected chi connectivity index (χ4v) is 3.48. The lowest BCUT2D eigenvalue weighted by molar-refractivity contribution is 0.209. The number of nitrogens with zero attached hydrogens (tertiary/aromatic N) is 1. The maximum absolute atomic E-state index is 3.70. The second-order valence-corrected chi connectivity index (χ2v) is 6.11. The van der Waals surface area contributed by atoms with Crippen LogP contribution >= 0.6 is 11.3 Å². The van der Waals surface area contributed by atoms with Gasteiger partial charge in [-0.1, -0.05) is 44.2 Å². The quantitative estimate of drug-likeness (QED) is 0.773. The van der Waals surface area contributed by atoms with Gasteiger partial charge < -0.3 is 5.32 Å². The Morgan fingerprint density at radius 1 is 1.05 bits per heavy atom. The summed E-state index contributed by atoms with van der Waals surface area (Å²) in [6.07, 6.45) is 0. The first kappa shape index (κ1) is 16.2. The van der Waals surface area contributed by atoms with E-state index in [2.05, 4.69) is 78.1 Å². The lowest BCUT2D eigenvalue weighted by atomic mass is 10.0. The van der Waals surface area contributed by atoms with E-state index < -0.39 is 0 Å². The summed E-state index contributed by atoms with van der Waals surface area (Å²) >= 11 is 1.76. The van der Waals surface area contributed by atoms with Crippen molar-refractivity contribution in [2.45, 2.75) is 32.9 Å². The number of benzene rings is 1. The molecule has 1 aromatic heterocycles. The Hall–Kier alpha value is -1.16. The molecule has 21 heavy (non-hydrogen) atoms. The first-order chi connectivity index (χ1) is 10.3. The van der Waals surface area contributed by atoms with Gasteiger partial charge in [0, 0.05) is 18.6 Å². The topological polar surface area (TPSA) is 15.3 Å². The van der Waals surface area contributed by atoms with Crippen LogP contribution in [0.4, 0.5) is 0 Å². The van der Waals surface area contributed by atoms with Crippen molar-refractivity contribution in [2.24, 2.45) is 0 Å². The van der Waals surface area contributed by atoms with Crippen LogP contribution in [0.2, 0.25) is 0 Å². The Morgan fingerprint density at radius 3 is 2.33 bits per heavy atom. The molecule has 0 bridgehead atoms. The van der Waals surface area contributed by atoms with E-state index in [1.807, 2.05) is 0 Å². The van der Waals surface area contributed by atoms with Crippen LogP contribution in [0, 0.1) is 0 Å². The molecule has 0 radical (unpaired) electrons. The molecule has 0 fully saturated rings. The predicted octanol–water partition coefficient (Wildman–Crippen LogP) is 4.48. The molecule has 0 saturated heterocycles. The number of rotatable bonds is 8. The van der Waals surface area contributed by atoms with Crippen molar-refractivity contribution in [3.63, 3.8) is 0 Å². The summed E-state index contributed by atoms with van der Waals surface area (Å²) in [5, 5.41) is 8.07. The summed E-state index contributed by atoms with van der Waals surface area (Å²) in [7, 11) is 0. The third kappa shape index (κ3) is 4.40. The SMILES string of the molecule is CCN(CC)C(CNC(C)c1ccsc1)c1ccccc1. The van der Waals surface area contributed by atoms with Gasteiger partial charge in [0.1, 0.15) is 0 Å². The summed E-state index contributed by atoms with van der Waals surface area (Å²) in [5.41, 5.74) is 2.78. The number of hydrogen-bond acceptors (Lipinski definition) is 3. The minimum Gasteiger partial charge on any atom is -0.308 e. The summed E-state index contributed by atoms with van der Waals surface area (Å²) < 4.78 is 0. The summed E-state index contributed by atoms with van der Waals surface area (Å²) in [6, 6.07) is 13.9. The van der Waals surface area contributed by atoms with Gasteiger partial charge in [0.15, 0.2) is 0 Å². The van der Waals surface area contributed by atoms with E-state index in [0.29, 0.717) is 12.1 Å². The molecule has 114 valence electrons. The van der Waals surface area contributed by atoms with E-state index in [0.717, 1.165) is 19.6 Å². The molecule has 2 atom stereocenters. The molecular weight excluding hydrogens is 276 g/mol. The Balaban J connectivity index is 2.06. The molecule has 2 rings (SSSR count). The normalized spacial score (nSPS) is 14.3. The van der Waals surface area contributed by atoms with Crippen molar-refractivity contribution in [1.29, 1.82) is 0 Å². The van der Waals surface area contributed by atoms with Gasteiger partial charge in [-0.15, -0.1) is 0 Å². The molecule has 2 nitrogen and oxygen atoms in total. The van der Waals surface area contributed by atoms with Gasteiger partial charge >= 0.3 is 0 Å². The van der Waals surface area contributed by atoms with Crippen LogP contribution in [0.3, 0.4) is 0 Å². The zero-order chi connectivity index (χ0) is 15.1. The number of hydrogen-bond donors (Lipinski definition) is 1. The second kappa shape index (κ2) is 8.32. The Bertz CT molecular complexity index is 491. The average Bonchev–Trinajstić information content (AvgIpc) is 3.06. The lowest BCUT2D eigenvalue weighted by Crippen LogP contribution is -2.36. The molecule has 2 aromatic rings. The number of nitrogens with one attached hydrogen (secondary N) is 1. The monoisotopic (exact) mass is 302 g/mol. The van der Waals surface area contributed by atoms with E-state index in [9.17, 15) is 0 Å². The van der Waals surface area contributed by atoms with Crippen molar-refractivity contribution < 1.29 is 0 Å². The van der Waals surface area contributed by atoms with Gasteiger partial charge in [0.25, 0.3) is 0 Å². The minimum absolute atomic E-state index is 0.401. The van der Waals surface area contributed by atoms with Crippen LogP contribution in [-0.2, 0) is 0 Å². The van der Waals surface area contributed by atoms with Crippen LogP contribution < -0.4 is 5.32 Å². The molecule has 1 N–H and O–H groups in total. The summed E-state index contributed by atoms with van der Waals surface area (Å²) in [6.45, 7) is 9.84. The van der Waals surface area contributed by atoms with Crippen LogP contribution in [-0.4, -0.2) is 24.5 Å². The van der Waals surface area contributed by atoms with Gasteiger partial charge in [0.2, 0.25) is 0 Å². The molecule has 0 spiro atoms. The average molecular weight is 302 g/mol. The fraction of sp³-hybridized carbons (Fsp3) is 0.444. The van der Waals surface area contributed by atoms with E-state index in [1.165, 1.54) is 11.1 Å². The first-order valence-electron chi connectivity index (χ1n) is 7.80. The zero-order valence-electron chi connectivity index (χ0n) is 13.3. The predicted molar refractivity (Wildman–Crippen MR) is 92.8 cm³/mol. The van der Waals surface area contributed by atoms with Gasteiger partial charge in [-0.2, -0.15) is 11.3 Å². The first-order valence-corrected chi connectivity index (χ1v) is 8.75. The molecule has 1 heterocycles. The Kier molecular flexibility index (Phi) is 6.43. The van der Waals surface area contributed by atoms with Gasteiger partial charge in [-0.3, -0.25) is 4.90 Å². The van der Waals surface area contributed by atoms with Crippen LogP contribution in [0.25, 0.3) is 0 Å². The molecule has 3 heteroatoms. The van der Waals surface area contributed by atoms with Crippen molar-refractivity contribution in [3.05, 3.63) is 58.3 Å². The molecule has 0 aliphatic carbocycles. The summed E-state index contributed by atoms with van der Waals surface area (Å²) in [4.78, 5) is 2.52. The molecule has 0 aliphatic rings. The van der Waals surface area contributed by atoms with Gasteiger partial charge in [-0.05, 0) is 48.0 Å². The molecule has 2 unspecified atom stereocenters. The highest BCUT2D eigenvalue weighted by Crippen LogP contribution is 2.22. The molecule has 0 aliphatic heterocycles. The van der Waals surface area contributed by atoms with Crippen molar-refractivity contribution in [3.8, 4) is 0 Å². The van der Waals surface area contributed by atoms with Gasteiger partial charge in [0.05, 0.1) is 0 Å². The molecule has 0 amide bonds. The van der Waals surface area contributed by atoms with E-state index >= 15 is 0 Å². The Morgan fingerprint density at radius 2 is 1.76 bits per heavy atom. The van der Waals surface area contributed by atoms with E-state index in [-0.39, 0.29) is 0 Å². The minimum atomic E-state index is 0.401. The van der Waals surface area contributed by atoms with Crippen molar-refractivity contribution in [1.82, 2.24) is 10.2 Å². The van der Waals surface area contributed by atoms with Crippen LogP contribution in [0.5, 0.6) is 0 Å². The third-order valence-corrected chi connectivity index (χ3v) is 4.80. The zero-order valence-corrected chi connectivity index (χ0v) is 14.1. The fourth-order valence-electron chi connectivity index (χ4n) is 2.72. The third-order valence-electron chi connectivity index (χ3n) is 4.10. The second-order valence-electron chi connectivity index (χ2n) is 5.33. The standard InChI is InChI=1S/C18H26N2S/c1-4-20(5-2)18(16-9-7-6-8-10-16)13-19-15(3)17-11-12-21-14-17/h6-12,14-15,18-19H,4-5,13H2,1-3H3. The number of likely N-dealkylation sites (N-methyl/N-ethyl adjacent to an activating group) is 1.